The Kier molecular flexibility index (Phi) is 5.66. The number of fused-ring (bicyclic) bond motifs is 1. The average Bonchev–Trinajstić information content (AvgIpc) is 2.78. The summed E-state index contributed by atoms with van der Waals surface area (Å²) in [5.41, 5.74) is 7.38. The molecular formula is C24H22N2O4. The molecule has 2 amide bonds. The lowest BCUT2D eigenvalue weighted by atomic mass is 9.96. The third-order valence-electron chi connectivity index (χ3n) is 5.00. The minimum atomic E-state index is -0.485. The normalized spacial score (nSPS) is 14.9. The Morgan fingerprint density at radius 3 is 2.23 bits per heavy atom. The number of carbonyl (C=O) groups excluding carboxylic acids is 2. The Morgan fingerprint density at radius 1 is 0.933 bits per heavy atom. The van der Waals surface area contributed by atoms with Crippen molar-refractivity contribution >= 4 is 11.8 Å². The summed E-state index contributed by atoms with van der Waals surface area (Å²) < 4.78 is 11.5. The van der Waals surface area contributed by atoms with Gasteiger partial charge in [-0.15, -0.1) is 0 Å². The zero-order valence-corrected chi connectivity index (χ0v) is 16.3. The van der Waals surface area contributed by atoms with Crippen molar-refractivity contribution in [3.8, 4) is 17.2 Å². The first kappa shape index (κ1) is 19.5. The molecule has 0 bridgehead atoms. The zero-order chi connectivity index (χ0) is 20.9. The van der Waals surface area contributed by atoms with Crippen LogP contribution in [-0.2, 0) is 6.42 Å². The summed E-state index contributed by atoms with van der Waals surface area (Å²) in [4.78, 5) is 23.6. The maximum atomic E-state index is 12.5. The number of hydrogen-bond donors (Lipinski definition) is 2. The van der Waals surface area contributed by atoms with Gasteiger partial charge in [0.25, 0.3) is 5.91 Å². The lowest BCUT2D eigenvalue weighted by Crippen LogP contribution is -2.34. The van der Waals surface area contributed by atoms with E-state index in [-0.39, 0.29) is 11.8 Å². The van der Waals surface area contributed by atoms with Crippen LogP contribution in [0, 0.1) is 5.92 Å². The van der Waals surface area contributed by atoms with Crippen molar-refractivity contribution in [2.75, 3.05) is 13.2 Å². The van der Waals surface area contributed by atoms with Gasteiger partial charge in [-0.1, -0.05) is 18.2 Å². The first-order chi connectivity index (χ1) is 14.6. The fourth-order valence-electron chi connectivity index (χ4n) is 3.36. The molecule has 1 aliphatic rings. The summed E-state index contributed by atoms with van der Waals surface area (Å²) >= 11 is 0. The number of primary amides is 1. The molecule has 3 aromatic carbocycles. The number of carbonyl (C=O) groups is 2. The van der Waals surface area contributed by atoms with Gasteiger partial charge in [0, 0.05) is 23.6 Å². The van der Waals surface area contributed by atoms with E-state index >= 15 is 0 Å². The van der Waals surface area contributed by atoms with Crippen molar-refractivity contribution in [3.05, 3.63) is 89.5 Å². The molecule has 4 rings (SSSR count). The third kappa shape index (κ3) is 4.60. The Bertz CT molecular complexity index is 1050. The predicted molar refractivity (Wildman–Crippen MR) is 113 cm³/mol. The lowest BCUT2D eigenvalue weighted by molar-refractivity contribution is 0.0938. The molecule has 1 heterocycles. The smallest absolute Gasteiger partial charge is 0.251 e. The van der Waals surface area contributed by atoms with E-state index in [2.05, 4.69) is 11.4 Å². The van der Waals surface area contributed by atoms with Crippen molar-refractivity contribution in [2.24, 2.45) is 11.7 Å². The molecule has 3 N–H and O–H groups in total. The van der Waals surface area contributed by atoms with E-state index in [1.165, 1.54) is 5.56 Å². The molecule has 1 atom stereocenters. The Labute approximate surface area is 174 Å². The SMILES string of the molecule is NC(=O)c1ccc(Oc2ccc(C(=O)NCC3COc4ccccc4C3)cc2)cc1. The number of rotatable bonds is 6. The van der Waals surface area contributed by atoms with Gasteiger partial charge in [-0.05, 0) is 66.6 Å². The van der Waals surface area contributed by atoms with E-state index in [1.54, 1.807) is 48.5 Å². The molecule has 0 saturated carbocycles. The molecule has 0 saturated heterocycles. The third-order valence-corrected chi connectivity index (χ3v) is 5.00. The van der Waals surface area contributed by atoms with Gasteiger partial charge in [-0.3, -0.25) is 9.59 Å². The van der Waals surface area contributed by atoms with Crippen molar-refractivity contribution in [1.82, 2.24) is 5.32 Å². The van der Waals surface area contributed by atoms with Crippen LogP contribution in [0.2, 0.25) is 0 Å². The molecule has 152 valence electrons. The molecule has 30 heavy (non-hydrogen) atoms. The molecule has 0 fully saturated rings. The number of para-hydroxylation sites is 1. The molecule has 0 radical (unpaired) electrons. The van der Waals surface area contributed by atoms with Crippen molar-refractivity contribution in [2.45, 2.75) is 6.42 Å². The van der Waals surface area contributed by atoms with E-state index < -0.39 is 5.91 Å². The second-order valence-electron chi connectivity index (χ2n) is 7.21. The Balaban J connectivity index is 1.30. The fraction of sp³-hybridized carbons (Fsp3) is 0.167. The highest BCUT2D eigenvalue weighted by Crippen LogP contribution is 2.26. The average molecular weight is 402 g/mol. The fourth-order valence-corrected chi connectivity index (χ4v) is 3.36. The van der Waals surface area contributed by atoms with Gasteiger partial charge in [-0.2, -0.15) is 0 Å². The van der Waals surface area contributed by atoms with Crippen LogP contribution in [0.1, 0.15) is 26.3 Å². The highest BCUT2D eigenvalue weighted by molar-refractivity contribution is 5.94. The highest BCUT2D eigenvalue weighted by atomic mass is 16.5. The summed E-state index contributed by atoms with van der Waals surface area (Å²) in [5.74, 6) is 1.73. The van der Waals surface area contributed by atoms with Gasteiger partial charge in [0.1, 0.15) is 17.2 Å². The van der Waals surface area contributed by atoms with Crippen LogP contribution >= 0.6 is 0 Å². The monoisotopic (exact) mass is 402 g/mol. The zero-order valence-electron chi connectivity index (χ0n) is 16.3. The van der Waals surface area contributed by atoms with Crippen LogP contribution in [0.4, 0.5) is 0 Å². The summed E-state index contributed by atoms with van der Waals surface area (Å²) in [7, 11) is 0. The summed E-state index contributed by atoms with van der Waals surface area (Å²) in [5, 5.41) is 2.98. The van der Waals surface area contributed by atoms with E-state index in [0.29, 0.717) is 35.8 Å². The minimum Gasteiger partial charge on any atom is -0.493 e. The van der Waals surface area contributed by atoms with Crippen LogP contribution in [0.3, 0.4) is 0 Å². The van der Waals surface area contributed by atoms with Gasteiger partial charge in [-0.25, -0.2) is 0 Å². The first-order valence-electron chi connectivity index (χ1n) is 9.75. The van der Waals surface area contributed by atoms with Gasteiger partial charge in [0.05, 0.1) is 6.61 Å². The van der Waals surface area contributed by atoms with Crippen LogP contribution in [-0.4, -0.2) is 25.0 Å². The van der Waals surface area contributed by atoms with E-state index in [9.17, 15) is 9.59 Å². The van der Waals surface area contributed by atoms with Crippen LogP contribution in [0.5, 0.6) is 17.2 Å². The molecule has 1 aliphatic heterocycles. The Morgan fingerprint density at radius 2 is 1.57 bits per heavy atom. The molecule has 0 aromatic heterocycles. The molecule has 6 heteroatoms. The molecule has 3 aromatic rings. The first-order valence-corrected chi connectivity index (χ1v) is 9.75. The van der Waals surface area contributed by atoms with E-state index in [1.807, 2.05) is 18.2 Å². The van der Waals surface area contributed by atoms with E-state index in [4.69, 9.17) is 15.2 Å². The minimum absolute atomic E-state index is 0.133. The van der Waals surface area contributed by atoms with Crippen molar-refractivity contribution in [3.63, 3.8) is 0 Å². The van der Waals surface area contributed by atoms with Crippen LogP contribution in [0.15, 0.2) is 72.8 Å². The Hall–Kier alpha value is -3.80. The predicted octanol–water partition coefficient (Wildman–Crippen LogP) is 3.56. The number of hydrogen-bond acceptors (Lipinski definition) is 4. The van der Waals surface area contributed by atoms with Crippen LogP contribution < -0.4 is 20.5 Å². The van der Waals surface area contributed by atoms with Gasteiger partial charge >= 0.3 is 0 Å². The standard InChI is InChI=1S/C24H22N2O4/c25-23(27)17-5-9-20(10-6-17)30-21-11-7-18(8-12-21)24(28)26-14-16-13-19-3-1-2-4-22(19)29-15-16/h1-12,16H,13-15H2,(H2,25,27)(H,26,28). The van der Waals surface area contributed by atoms with Gasteiger partial charge in [0.15, 0.2) is 0 Å². The number of nitrogens with one attached hydrogen (secondary N) is 1. The summed E-state index contributed by atoms with van der Waals surface area (Å²) in [6.45, 7) is 1.15. The number of ether oxygens (including phenoxy) is 2. The van der Waals surface area contributed by atoms with E-state index in [0.717, 1.165) is 12.2 Å². The largest absolute Gasteiger partial charge is 0.493 e. The van der Waals surface area contributed by atoms with Gasteiger partial charge in [0.2, 0.25) is 5.91 Å². The summed E-state index contributed by atoms with van der Waals surface area (Å²) in [6, 6.07) is 21.4. The van der Waals surface area contributed by atoms with Gasteiger partial charge < -0.3 is 20.5 Å². The topological polar surface area (TPSA) is 90.7 Å². The van der Waals surface area contributed by atoms with Crippen molar-refractivity contribution < 1.29 is 19.1 Å². The second-order valence-corrected chi connectivity index (χ2v) is 7.21. The second kappa shape index (κ2) is 8.69. The molecular weight excluding hydrogens is 380 g/mol. The maximum Gasteiger partial charge on any atom is 0.251 e. The van der Waals surface area contributed by atoms with Crippen LogP contribution in [0.25, 0.3) is 0 Å². The lowest BCUT2D eigenvalue weighted by Gasteiger charge is -2.25. The molecule has 6 nitrogen and oxygen atoms in total. The molecule has 0 spiro atoms. The maximum absolute atomic E-state index is 12.5. The molecule has 1 unspecified atom stereocenters. The number of amides is 2. The highest BCUT2D eigenvalue weighted by Gasteiger charge is 2.20. The summed E-state index contributed by atoms with van der Waals surface area (Å²) in [6.07, 6.45) is 0.887. The van der Waals surface area contributed by atoms with Crippen molar-refractivity contribution in [1.29, 1.82) is 0 Å². The number of benzene rings is 3. The quantitative estimate of drug-likeness (QED) is 0.660. The number of nitrogens with two attached hydrogens (primary N) is 1. The molecule has 0 aliphatic carbocycles.